The van der Waals surface area contributed by atoms with Crippen LogP contribution in [0.4, 0.5) is 5.69 Å². The van der Waals surface area contributed by atoms with E-state index in [4.69, 9.17) is 16.3 Å². The molecule has 0 amide bonds. The van der Waals surface area contributed by atoms with Crippen LogP contribution in [0.5, 0.6) is 5.75 Å². The molecule has 0 atom stereocenters. The van der Waals surface area contributed by atoms with Crippen molar-refractivity contribution in [3.05, 3.63) is 114 Å². The third kappa shape index (κ3) is 4.77. The largest absolute Gasteiger partial charge is 0.423 e. The lowest BCUT2D eigenvalue weighted by Crippen LogP contribution is -2.31. The summed E-state index contributed by atoms with van der Waals surface area (Å²) < 4.78 is 33.5. The third-order valence-electron chi connectivity index (χ3n) is 5.02. The van der Waals surface area contributed by atoms with Crippen LogP contribution in [-0.2, 0) is 10.0 Å². The molecule has 0 fully saturated rings. The van der Waals surface area contributed by atoms with Crippen molar-refractivity contribution >= 4 is 44.1 Å². The molecular weight excluding hydrogens is 458 g/mol. The molecule has 0 aliphatic rings. The summed E-state index contributed by atoms with van der Waals surface area (Å²) in [5, 5.41) is 2.01. The maximum absolute atomic E-state index is 13.4. The summed E-state index contributed by atoms with van der Waals surface area (Å²) in [7, 11) is -4.00. The molecule has 0 radical (unpaired) electrons. The Morgan fingerprint density at radius 3 is 2.33 bits per heavy atom. The lowest BCUT2D eigenvalue weighted by molar-refractivity contribution is 0.0735. The monoisotopic (exact) mass is 477 g/mol. The Morgan fingerprint density at radius 1 is 0.909 bits per heavy atom. The summed E-state index contributed by atoms with van der Waals surface area (Å²) in [6.45, 7) is 3.72. The first-order valence-electron chi connectivity index (χ1n) is 10.1. The minimum atomic E-state index is -4.00. The highest BCUT2D eigenvalue weighted by Gasteiger charge is 2.26. The van der Waals surface area contributed by atoms with Gasteiger partial charge < -0.3 is 4.74 Å². The topological polar surface area (TPSA) is 63.7 Å². The number of hydrogen-bond acceptors (Lipinski definition) is 4. The zero-order valence-corrected chi connectivity index (χ0v) is 19.1. The Morgan fingerprint density at radius 2 is 1.61 bits per heavy atom. The number of ether oxygens (including phenoxy) is 1. The van der Waals surface area contributed by atoms with Gasteiger partial charge in [-0.1, -0.05) is 66.2 Å². The summed E-state index contributed by atoms with van der Waals surface area (Å²) in [4.78, 5) is 12.8. The maximum atomic E-state index is 13.4. The zero-order valence-electron chi connectivity index (χ0n) is 17.5. The average Bonchev–Trinajstić information content (AvgIpc) is 2.83. The van der Waals surface area contributed by atoms with Crippen LogP contribution in [0.3, 0.4) is 0 Å². The molecule has 4 rings (SSSR count). The van der Waals surface area contributed by atoms with Crippen molar-refractivity contribution in [2.75, 3.05) is 10.8 Å². The van der Waals surface area contributed by atoms with E-state index < -0.39 is 16.0 Å². The standard InChI is InChI=1S/C26H20ClNO4S/c1-2-16-28(21-10-4-3-5-11-21)33(30,31)23-14-15-25(27)24(18-23)26(29)32-22-13-12-19-8-6-7-9-20(19)17-22/h2-15,17-18H,1,16H2. The van der Waals surface area contributed by atoms with E-state index >= 15 is 0 Å². The molecule has 0 unspecified atom stereocenters. The van der Waals surface area contributed by atoms with Gasteiger partial charge in [-0.15, -0.1) is 6.58 Å². The SMILES string of the molecule is C=CCN(c1ccccc1)S(=O)(=O)c1ccc(Cl)c(C(=O)Oc2ccc3ccccc3c2)c1. The van der Waals surface area contributed by atoms with Gasteiger partial charge in [0.2, 0.25) is 0 Å². The first-order valence-corrected chi connectivity index (χ1v) is 11.9. The van der Waals surface area contributed by atoms with Crippen LogP contribution < -0.4 is 9.04 Å². The maximum Gasteiger partial charge on any atom is 0.345 e. The number of hydrogen-bond donors (Lipinski definition) is 0. The number of rotatable bonds is 7. The Kier molecular flexibility index (Phi) is 6.49. The van der Waals surface area contributed by atoms with Crippen molar-refractivity contribution in [1.29, 1.82) is 0 Å². The average molecular weight is 478 g/mol. The number of para-hydroxylation sites is 1. The molecule has 0 aliphatic heterocycles. The Hall–Kier alpha value is -3.61. The number of fused-ring (bicyclic) bond motifs is 1. The molecule has 0 aliphatic carbocycles. The van der Waals surface area contributed by atoms with Crippen LogP contribution in [0.1, 0.15) is 10.4 Å². The number of benzene rings is 4. The van der Waals surface area contributed by atoms with Crippen molar-refractivity contribution in [2.45, 2.75) is 4.90 Å². The normalized spacial score (nSPS) is 11.2. The van der Waals surface area contributed by atoms with Crippen molar-refractivity contribution in [1.82, 2.24) is 0 Å². The smallest absolute Gasteiger partial charge is 0.345 e. The molecule has 4 aromatic carbocycles. The van der Waals surface area contributed by atoms with E-state index in [1.165, 1.54) is 28.6 Å². The third-order valence-corrected chi connectivity index (χ3v) is 7.14. The fourth-order valence-corrected chi connectivity index (χ4v) is 5.05. The van der Waals surface area contributed by atoms with Crippen LogP contribution in [0, 0.1) is 0 Å². The zero-order chi connectivity index (χ0) is 23.4. The highest BCUT2D eigenvalue weighted by Crippen LogP contribution is 2.28. The van der Waals surface area contributed by atoms with E-state index in [1.54, 1.807) is 42.5 Å². The second-order valence-corrected chi connectivity index (χ2v) is 9.47. The van der Waals surface area contributed by atoms with Gasteiger partial charge in [0.05, 0.1) is 27.7 Å². The van der Waals surface area contributed by atoms with E-state index in [0.29, 0.717) is 11.4 Å². The molecule has 0 bridgehead atoms. The van der Waals surface area contributed by atoms with Gasteiger partial charge in [-0.05, 0) is 53.2 Å². The number of carbonyl (C=O) groups excluding carboxylic acids is 1. The highest BCUT2D eigenvalue weighted by atomic mass is 35.5. The van der Waals surface area contributed by atoms with Crippen LogP contribution >= 0.6 is 11.6 Å². The van der Waals surface area contributed by atoms with E-state index in [0.717, 1.165) is 10.8 Å². The molecule has 0 saturated carbocycles. The second-order valence-electron chi connectivity index (χ2n) is 7.20. The van der Waals surface area contributed by atoms with Crippen molar-refractivity contribution in [2.24, 2.45) is 0 Å². The molecule has 0 spiro atoms. The number of sulfonamides is 1. The lowest BCUT2D eigenvalue weighted by atomic mass is 10.1. The molecule has 0 heterocycles. The number of halogens is 1. The van der Waals surface area contributed by atoms with Crippen LogP contribution in [0.15, 0.2) is 109 Å². The van der Waals surface area contributed by atoms with Gasteiger partial charge in [-0.2, -0.15) is 0 Å². The van der Waals surface area contributed by atoms with Gasteiger partial charge in [0.1, 0.15) is 5.75 Å². The molecule has 0 saturated heterocycles. The van der Waals surface area contributed by atoms with Crippen LogP contribution in [-0.4, -0.2) is 20.9 Å². The molecule has 166 valence electrons. The number of esters is 1. The van der Waals surface area contributed by atoms with Gasteiger partial charge >= 0.3 is 5.97 Å². The van der Waals surface area contributed by atoms with E-state index in [2.05, 4.69) is 6.58 Å². The summed E-state index contributed by atoms with van der Waals surface area (Å²) >= 11 is 6.23. The predicted octanol–water partition coefficient (Wildman–Crippen LogP) is 6.09. The quantitative estimate of drug-likeness (QED) is 0.183. The molecule has 5 nitrogen and oxygen atoms in total. The highest BCUT2D eigenvalue weighted by molar-refractivity contribution is 7.92. The Bertz CT molecular complexity index is 1440. The molecule has 0 N–H and O–H groups in total. The predicted molar refractivity (Wildman–Crippen MR) is 132 cm³/mol. The van der Waals surface area contributed by atoms with Crippen LogP contribution in [0.25, 0.3) is 10.8 Å². The van der Waals surface area contributed by atoms with Gasteiger partial charge in [-0.25, -0.2) is 13.2 Å². The van der Waals surface area contributed by atoms with Gasteiger partial charge in [0.15, 0.2) is 0 Å². The summed E-state index contributed by atoms with van der Waals surface area (Å²) in [6.07, 6.45) is 1.50. The Labute approximate surface area is 197 Å². The fraction of sp³-hybridized carbons (Fsp3) is 0.0385. The fourth-order valence-electron chi connectivity index (χ4n) is 3.40. The molecule has 7 heteroatoms. The van der Waals surface area contributed by atoms with Crippen LogP contribution in [0.2, 0.25) is 5.02 Å². The molecule has 4 aromatic rings. The first-order chi connectivity index (χ1) is 15.9. The first kappa shape index (κ1) is 22.6. The van der Waals surface area contributed by atoms with Crippen molar-refractivity contribution < 1.29 is 17.9 Å². The van der Waals surface area contributed by atoms with Gasteiger partial charge in [0.25, 0.3) is 10.0 Å². The van der Waals surface area contributed by atoms with E-state index in [-0.39, 0.29) is 22.0 Å². The van der Waals surface area contributed by atoms with E-state index in [9.17, 15) is 13.2 Å². The van der Waals surface area contributed by atoms with Crippen molar-refractivity contribution in [3.8, 4) is 5.75 Å². The Balaban J connectivity index is 1.67. The second kappa shape index (κ2) is 9.48. The van der Waals surface area contributed by atoms with Crippen molar-refractivity contribution in [3.63, 3.8) is 0 Å². The van der Waals surface area contributed by atoms with E-state index in [1.807, 2.05) is 30.3 Å². The minimum Gasteiger partial charge on any atom is -0.423 e. The molecular formula is C26H20ClNO4S. The number of nitrogens with zero attached hydrogens (tertiary/aromatic N) is 1. The summed E-state index contributed by atoms with van der Waals surface area (Å²) in [6, 6.07) is 25.6. The summed E-state index contributed by atoms with van der Waals surface area (Å²) in [5.74, 6) is -0.414. The number of carbonyl (C=O) groups is 1. The number of anilines is 1. The molecule has 0 aromatic heterocycles. The summed E-state index contributed by atoms with van der Waals surface area (Å²) in [5.41, 5.74) is 0.435. The van der Waals surface area contributed by atoms with Gasteiger partial charge in [0, 0.05) is 0 Å². The van der Waals surface area contributed by atoms with Gasteiger partial charge in [-0.3, -0.25) is 4.31 Å². The lowest BCUT2D eigenvalue weighted by Gasteiger charge is -2.23. The molecule has 33 heavy (non-hydrogen) atoms. The minimum absolute atomic E-state index is 0.0440.